The first-order valence-electron chi connectivity index (χ1n) is 10.6. The maximum absolute atomic E-state index is 13.4. The average Bonchev–Trinajstić information content (AvgIpc) is 3.13. The summed E-state index contributed by atoms with van der Waals surface area (Å²) >= 11 is 0. The van der Waals surface area contributed by atoms with Crippen LogP contribution in [0.25, 0.3) is 10.9 Å². The Balaban J connectivity index is 1.56. The highest BCUT2D eigenvalue weighted by Crippen LogP contribution is 2.25. The Hall–Kier alpha value is -3.04. The lowest BCUT2D eigenvalue weighted by Gasteiger charge is -2.31. The van der Waals surface area contributed by atoms with Crippen LogP contribution < -0.4 is 10.5 Å². The normalized spacial score (nSPS) is 17.6. The zero-order valence-corrected chi connectivity index (χ0v) is 18.7. The van der Waals surface area contributed by atoms with Crippen LogP contribution in [0.4, 0.5) is 5.69 Å². The van der Waals surface area contributed by atoms with Gasteiger partial charge in [-0.15, -0.1) is 0 Å². The van der Waals surface area contributed by atoms with Crippen LogP contribution in [0.3, 0.4) is 0 Å². The van der Waals surface area contributed by atoms with E-state index >= 15 is 0 Å². The summed E-state index contributed by atoms with van der Waals surface area (Å²) in [5, 5.41) is 0.521. The number of likely N-dealkylation sites (N-methyl/N-ethyl adjacent to an activating group) is 1. The van der Waals surface area contributed by atoms with Crippen LogP contribution in [0.1, 0.15) is 19.2 Å². The molecule has 1 aliphatic heterocycles. The van der Waals surface area contributed by atoms with Crippen LogP contribution in [0, 0.1) is 0 Å². The molecule has 0 spiro atoms. The largest absolute Gasteiger partial charge is 0.309 e. The number of aromatic nitrogens is 2. The van der Waals surface area contributed by atoms with E-state index < -0.39 is 9.84 Å². The van der Waals surface area contributed by atoms with Crippen molar-refractivity contribution in [3.8, 4) is 0 Å². The molecule has 1 N–H and O–H groups in total. The van der Waals surface area contributed by atoms with Gasteiger partial charge < -0.3 is 9.88 Å². The van der Waals surface area contributed by atoms with Crippen molar-refractivity contribution in [1.82, 2.24) is 14.9 Å². The van der Waals surface area contributed by atoms with Crippen molar-refractivity contribution in [3.63, 3.8) is 0 Å². The summed E-state index contributed by atoms with van der Waals surface area (Å²) in [5.41, 5.74) is 1.08. The molecule has 1 amide bonds. The molecule has 9 heteroatoms. The summed E-state index contributed by atoms with van der Waals surface area (Å²) in [6, 6.07) is 15.9. The van der Waals surface area contributed by atoms with Crippen molar-refractivity contribution in [2.75, 3.05) is 29.5 Å². The van der Waals surface area contributed by atoms with Gasteiger partial charge in [0.1, 0.15) is 5.82 Å². The summed E-state index contributed by atoms with van der Waals surface area (Å²) in [6.45, 7) is 2.87. The van der Waals surface area contributed by atoms with E-state index in [1.165, 1.54) is 0 Å². The average molecular weight is 455 g/mol. The Morgan fingerprint density at radius 2 is 1.84 bits per heavy atom. The molecule has 3 aromatic rings. The predicted molar refractivity (Wildman–Crippen MR) is 124 cm³/mol. The highest BCUT2D eigenvalue weighted by atomic mass is 32.2. The third-order valence-corrected chi connectivity index (χ3v) is 7.47. The lowest BCUT2D eigenvalue weighted by molar-refractivity contribution is -0.120. The van der Waals surface area contributed by atoms with Crippen LogP contribution in [0.2, 0.25) is 0 Å². The van der Waals surface area contributed by atoms with Gasteiger partial charge in [0, 0.05) is 5.69 Å². The van der Waals surface area contributed by atoms with E-state index in [2.05, 4.69) is 9.97 Å². The molecule has 1 fully saturated rings. The van der Waals surface area contributed by atoms with Gasteiger partial charge in [-0.25, -0.2) is 13.4 Å². The van der Waals surface area contributed by atoms with Crippen molar-refractivity contribution in [3.05, 3.63) is 70.8 Å². The number of sulfone groups is 1. The van der Waals surface area contributed by atoms with Crippen LogP contribution in [0.15, 0.2) is 59.4 Å². The van der Waals surface area contributed by atoms with Crippen LogP contribution in [0.5, 0.6) is 0 Å². The van der Waals surface area contributed by atoms with Gasteiger partial charge in [0.15, 0.2) is 9.84 Å². The van der Waals surface area contributed by atoms with E-state index in [1.54, 1.807) is 23.1 Å². The third kappa shape index (κ3) is 4.89. The molecule has 4 rings (SSSR count). The molecule has 0 aliphatic carbocycles. The lowest BCUT2D eigenvalue weighted by atomic mass is 10.1. The van der Waals surface area contributed by atoms with E-state index in [4.69, 9.17) is 0 Å². The molecule has 0 saturated carbocycles. The van der Waals surface area contributed by atoms with E-state index in [1.807, 2.05) is 48.2 Å². The fourth-order valence-corrected chi connectivity index (χ4v) is 5.79. The summed E-state index contributed by atoms with van der Waals surface area (Å²) in [6.07, 6.45) is 0.425. The van der Waals surface area contributed by atoms with Gasteiger partial charge in [0.2, 0.25) is 5.91 Å². The number of para-hydroxylation sites is 2. The van der Waals surface area contributed by atoms with E-state index in [0.29, 0.717) is 41.9 Å². The number of anilines is 1. The van der Waals surface area contributed by atoms with Gasteiger partial charge in [-0.2, -0.15) is 0 Å². The molecule has 0 bridgehead atoms. The number of fused-ring (bicyclic) bond motifs is 1. The number of carbonyl (C=O) groups is 1. The maximum Gasteiger partial charge on any atom is 0.258 e. The Kier molecular flexibility index (Phi) is 6.38. The second-order valence-electron chi connectivity index (χ2n) is 7.99. The third-order valence-electron chi connectivity index (χ3n) is 5.72. The van der Waals surface area contributed by atoms with Crippen LogP contribution >= 0.6 is 0 Å². The van der Waals surface area contributed by atoms with Crippen molar-refractivity contribution in [2.45, 2.75) is 25.9 Å². The maximum atomic E-state index is 13.4. The SMILES string of the molecule is CCN(CC(=O)N(c1ccccc1)C1CCS(=O)(=O)C1)Cc1nc2ccccc2c(=O)[nH]1. The summed E-state index contributed by atoms with van der Waals surface area (Å²) in [5.74, 6) is 0.370. The zero-order valence-electron chi connectivity index (χ0n) is 17.9. The zero-order chi connectivity index (χ0) is 22.7. The first kappa shape index (κ1) is 22.2. The molecule has 1 unspecified atom stereocenters. The highest BCUT2D eigenvalue weighted by molar-refractivity contribution is 7.91. The van der Waals surface area contributed by atoms with Gasteiger partial charge in [-0.1, -0.05) is 37.3 Å². The van der Waals surface area contributed by atoms with Gasteiger partial charge in [-0.05, 0) is 37.2 Å². The molecular weight excluding hydrogens is 428 g/mol. The number of carbonyl (C=O) groups excluding carboxylic acids is 1. The molecule has 1 aromatic heterocycles. The standard InChI is InChI=1S/C23H26N4O4S/c1-2-26(14-21-24-20-11-7-6-10-19(20)23(29)25-21)15-22(28)27(17-8-4-3-5-9-17)18-12-13-32(30,31)16-18/h3-11,18H,2,12-16H2,1H3,(H,24,25,29). The lowest BCUT2D eigenvalue weighted by Crippen LogP contribution is -2.46. The number of amides is 1. The Labute approximate surface area is 186 Å². The number of nitrogens with zero attached hydrogens (tertiary/aromatic N) is 3. The number of aromatic amines is 1. The molecule has 1 saturated heterocycles. The van der Waals surface area contributed by atoms with E-state index in [-0.39, 0.29) is 35.6 Å². The summed E-state index contributed by atoms with van der Waals surface area (Å²) in [4.78, 5) is 36.6. The Morgan fingerprint density at radius 1 is 1.12 bits per heavy atom. The minimum Gasteiger partial charge on any atom is -0.309 e. The predicted octanol–water partition coefficient (Wildman–Crippen LogP) is 1.97. The monoisotopic (exact) mass is 454 g/mol. The van der Waals surface area contributed by atoms with Crippen molar-refractivity contribution in [2.24, 2.45) is 0 Å². The molecule has 0 radical (unpaired) electrons. The Bertz CT molecular complexity index is 1270. The van der Waals surface area contributed by atoms with Crippen molar-refractivity contribution < 1.29 is 13.2 Å². The first-order chi connectivity index (χ1) is 15.4. The number of H-pyrrole nitrogens is 1. The number of hydrogen-bond acceptors (Lipinski definition) is 6. The highest BCUT2D eigenvalue weighted by Gasteiger charge is 2.35. The molecule has 2 aromatic carbocycles. The number of benzene rings is 2. The molecule has 1 aliphatic rings. The number of nitrogens with one attached hydrogen (secondary N) is 1. The van der Waals surface area contributed by atoms with Gasteiger partial charge in [0.05, 0.1) is 41.5 Å². The first-order valence-corrected chi connectivity index (χ1v) is 12.5. The Morgan fingerprint density at radius 3 is 2.53 bits per heavy atom. The number of rotatable bonds is 7. The second-order valence-corrected chi connectivity index (χ2v) is 10.2. The van der Waals surface area contributed by atoms with Crippen molar-refractivity contribution in [1.29, 1.82) is 0 Å². The molecule has 1 atom stereocenters. The van der Waals surface area contributed by atoms with Gasteiger partial charge in [0.25, 0.3) is 5.56 Å². The van der Waals surface area contributed by atoms with Gasteiger partial charge in [-0.3, -0.25) is 14.5 Å². The number of hydrogen-bond donors (Lipinski definition) is 1. The minimum atomic E-state index is -3.15. The molecule has 2 heterocycles. The molecule has 168 valence electrons. The minimum absolute atomic E-state index is 0.0285. The van der Waals surface area contributed by atoms with Crippen LogP contribution in [-0.4, -0.2) is 59.8 Å². The molecule has 8 nitrogen and oxygen atoms in total. The van der Waals surface area contributed by atoms with E-state index in [9.17, 15) is 18.0 Å². The topological polar surface area (TPSA) is 103 Å². The van der Waals surface area contributed by atoms with E-state index in [0.717, 1.165) is 0 Å². The second kappa shape index (κ2) is 9.22. The molecule has 32 heavy (non-hydrogen) atoms. The van der Waals surface area contributed by atoms with Gasteiger partial charge >= 0.3 is 0 Å². The van der Waals surface area contributed by atoms with Crippen LogP contribution in [-0.2, 0) is 21.2 Å². The summed E-state index contributed by atoms with van der Waals surface area (Å²) in [7, 11) is -3.15. The fraction of sp³-hybridized carbons (Fsp3) is 0.348. The summed E-state index contributed by atoms with van der Waals surface area (Å²) < 4.78 is 24.1. The quantitative estimate of drug-likeness (QED) is 0.585. The van der Waals surface area contributed by atoms with Crippen molar-refractivity contribution >= 4 is 32.3 Å². The molecular formula is C23H26N4O4S. The smallest absolute Gasteiger partial charge is 0.258 e. The fourth-order valence-electron chi connectivity index (χ4n) is 4.09.